The Morgan fingerprint density at radius 1 is 1.09 bits per heavy atom. The van der Waals surface area contributed by atoms with Crippen LogP contribution in [0.5, 0.6) is 0 Å². The number of ether oxygens (including phenoxy) is 1. The summed E-state index contributed by atoms with van der Waals surface area (Å²) in [5.41, 5.74) is -1.94. The Kier molecular flexibility index (Phi) is 8.91. The summed E-state index contributed by atoms with van der Waals surface area (Å²) in [5, 5.41) is 45.5. The second-order valence-electron chi connectivity index (χ2n) is 13.4. The van der Waals surface area contributed by atoms with Crippen molar-refractivity contribution in [2.75, 3.05) is 6.61 Å². The van der Waals surface area contributed by atoms with Crippen molar-refractivity contribution in [3.05, 3.63) is 59.7 Å². The predicted molar refractivity (Wildman–Crippen MR) is 159 cm³/mol. The van der Waals surface area contributed by atoms with Crippen LogP contribution in [0.25, 0.3) is 0 Å². The molecular formula is C34H41NO10. The number of amides is 1. The first-order chi connectivity index (χ1) is 21.2. The summed E-state index contributed by atoms with van der Waals surface area (Å²) in [4.78, 5) is 62.1. The van der Waals surface area contributed by atoms with Crippen molar-refractivity contribution in [3.63, 3.8) is 0 Å². The van der Waals surface area contributed by atoms with E-state index in [4.69, 9.17) is 4.74 Å². The average Bonchev–Trinajstić information content (AvgIpc) is 3.28. The highest BCUT2D eigenvalue weighted by Crippen LogP contribution is 2.67. The first kappa shape index (κ1) is 32.7. The van der Waals surface area contributed by atoms with Gasteiger partial charge in [0, 0.05) is 23.2 Å². The molecule has 5 N–H and O–H groups in total. The molecule has 1 aromatic rings. The van der Waals surface area contributed by atoms with Gasteiger partial charge < -0.3 is 30.5 Å². The van der Waals surface area contributed by atoms with Gasteiger partial charge in [-0.2, -0.15) is 0 Å². The molecule has 4 aliphatic carbocycles. The smallest absolute Gasteiger partial charge is 0.329 e. The lowest BCUT2D eigenvalue weighted by Crippen LogP contribution is -2.61. The zero-order valence-corrected chi connectivity index (χ0v) is 25.5. The van der Waals surface area contributed by atoms with Crippen molar-refractivity contribution < 1.29 is 49.1 Å². The number of aliphatic hydroxyl groups is 3. The number of Topliss-reactive ketones (excluding diaryl/α,β-unsaturated/α-hetero) is 1. The number of carbonyl (C=O) groups excluding carboxylic acids is 4. The van der Waals surface area contributed by atoms with Crippen LogP contribution in [-0.2, 0) is 28.7 Å². The second-order valence-corrected chi connectivity index (χ2v) is 13.4. The maximum Gasteiger partial charge on any atom is 0.329 e. The number of aliphatic hydroxyl groups excluding tert-OH is 2. The van der Waals surface area contributed by atoms with E-state index in [9.17, 15) is 44.4 Å². The Morgan fingerprint density at radius 3 is 2.49 bits per heavy atom. The highest BCUT2D eigenvalue weighted by molar-refractivity contribution is 6.01. The number of carbonyl (C=O) groups is 5. The molecule has 0 heterocycles. The van der Waals surface area contributed by atoms with Crippen molar-refractivity contribution in [1.29, 1.82) is 0 Å². The molecule has 45 heavy (non-hydrogen) atoms. The predicted octanol–water partition coefficient (Wildman–Crippen LogP) is 2.19. The fourth-order valence-electron chi connectivity index (χ4n) is 8.71. The number of allylic oxidation sites excluding steroid dienone is 4. The molecule has 0 aliphatic heterocycles. The maximum atomic E-state index is 13.5. The number of hydrogen-bond donors (Lipinski definition) is 5. The van der Waals surface area contributed by atoms with E-state index < -0.39 is 77.8 Å². The van der Waals surface area contributed by atoms with E-state index in [2.05, 4.69) is 5.32 Å². The summed E-state index contributed by atoms with van der Waals surface area (Å²) < 4.78 is 5.15. The van der Waals surface area contributed by atoms with Gasteiger partial charge >= 0.3 is 11.9 Å². The number of fused-ring (bicyclic) bond motifs is 5. The van der Waals surface area contributed by atoms with Crippen LogP contribution >= 0.6 is 0 Å². The minimum atomic E-state index is -1.82. The second kappa shape index (κ2) is 12.3. The number of carboxylic acids is 1. The lowest BCUT2D eigenvalue weighted by atomic mass is 9.46. The average molecular weight is 624 g/mol. The molecule has 4 aliphatic rings. The van der Waals surface area contributed by atoms with Crippen LogP contribution in [0.2, 0.25) is 0 Å². The van der Waals surface area contributed by atoms with Gasteiger partial charge in [-0.1, -0.05) is 55.8 Å². The Bertz CT molecular complexity index is 1440. The van der Waals surface area contributed by atoms with E-state index in [0.717, 1.165) is 12.0 Å². The first-order valence-electron chi connectivity index (χ1n) is 15.5. The number of esters is 1. The van der Waals surface area contributed by atoms with Crippen molar-refractivity contribution in [1.82, 2.24) is 5.32 Å². The minimum Gasteiger partial charge on any atom is -0.480 e. The number of carboxylic acid groups (broad SMARTS) is 1. The first-order valence-corrected chi connectivity index (χ1v) is 15.5. The zero-order chi connectivity index (χ0) is 32.7. The fraction of sp³-hybridized carbons (Fsp3) is 0.559. The van der Waals surface area contributed by atoms with Gasteiger partial charge in [0.15, 0.2) is 18.4 Å². The highest BCUT2D eigenvalue weighted by atomic mass is 16.5. The quantitative estimate of drug-likeness (QED) is 0.242. The van der Waals surface area contributed by atoms with Crippen LogP contribution in [0.15, 0.2) is 54.1 Å². The molecule has 1 aromatic carbocycles. The van der Waals surface area contributed by atoms with Gasteiger partial charge in [-0.15, -0.1) is 0 Å². The Balaban J connectivity index is 1.17. The third-order valence-electron chi connectivity index (χ3n) is 11.1. The fourth-order valence-corrected chi connectivity index (χ4v) is 8.71. The van der Waals surface area contributed by atoms with Gasteiger partial charge in [0.05, 0.1) is 12.5 Å². The van der Waals surface area contributed by atoms with Crippen LogP contribution in [0.4, 0.5) is 0 Å². The molecule has 242 valence electrons. The number of hydrogen-bond acceptors (Lipinski definition) is 9. The molecule has 9 atom stereocenters. The molecule has 0 aromatic heterocycles. The molecular weight excluding hydrogens is 582 g/mol. The van der Waals surface area contributed by atoms with Gasteiger partial charge in [0.25, 0.3) is 0 Å². The van der Waals surface area contributed by atoms with E-state index in [1.165, 1.54) is 12.1 Å². The molecule has 11 heteroatoms. The highest BCUT2D eigenvalue weighted by Gasteiger charge is 2.68. The van der Waals surface area contributed by atoms with E-state index in [1.54, 1.807) is 30.4 Å². The number of ketones is 2. The number of aliphatic carboxylic acids is 1. The standard InChI is InChI=1S/C34H41NO10/c1-32-14-12-21(36)16-20(32)8-9-22-23-13-15-34(44,33(23,2)17-24(37)28(22)32)25(38)18-45-27(40)11-10-26(39)35-29(31(42)43)30(41)19-6-4-3-5-7-19/h3-7,12,14,16,22-24,28-30,37,41,44H,8-11,13,15,17-18H2,1-2H3,(H,35,39)(H,42,43)/t22-,23-,24-,28+,29-,30-,32-,33-,34-/m0/s1. The van der Waals surface area contributed by atoms with Gasteiger partial charge in [-0.3, -0.25) is 19.2 Å². The molecule has 3 fully saturated rings. The van der Waals surface area contributed by atoms with Crippen molar-refractivity contribution in [3.8, 4) is 0 Å². The zero-order valence-electron chi connectivity index (χ0n) is 25.5. The van der Waals surface area contributed by atoms with Crippen molar-refractivity contribution >= 4 is 29.4 Å². The summed E-state index contributed by atoms with van der Waals surface area (Å²) in [6, 6.07) is 6.34. The Hall–Kier alpha value is -3.67. The van der Waals surface area contributed by atoms with Gasteiger partial charge in [-0.05, 0) is 61.7 Å². The van der Waals surface area contributed by atoms with Crippen LogP contribution < -0.4 is 5.32 Å². The van der Waals surface area contributed by atoms with Crippen LogP contribution in [0.3, 0.4) is 0 Å². The summed E-state index contributed by atoms with van der Waals surface area (Å²) in [6.45, 7) is 3.16. The minimum absolute atomic E-state index is 0.0247. The molecule has 0 unspecified atom stereocenters. The summed E-state index contributed by atoms with van der Waals surface area (Å²) in [7, 11) is 0. The molecule has 0 radical (unpaired) electrons. The molecule has 1 amide bonds. The third-order valence-corrected chi connectivity index (χ3v) is 11.1. The Labute approximate surface area is 261 Å². The van der Waals surface area contributed by atoms with Crippen molar-refractivity contribution in [2.24, 2.45) is 28.6 Å². The summed E-state index contributed by atoms with van der Waals surface area (Å²) in [5.74, 6) is -4.04. The molecule has 0 spiro atoms. The summed E-state index contributed by atoms with van der Waals surface area (Å²) in [6.07, 6.45) is 4.24. The third kappa shape index (κ3) is 5.77. The van der Waals surface area contributed by atoms with Gasteiger partial charge in [0.1, 0.15) is 11.7 Å². The number of benzene rings is 1. The molecule has 11 nitrogen and oxygen atoms in total. The summed E-state index contributed by atoms with van der Waals surface area (Å²) >= 11 is 0. The SMILES string of the molecule is C[C@]12C=CC(=O)C=C1CC[C@@H]1[C@@H]2[C@@H](O)C[C@@]2(C)[C@H]1CC[C@]2(O)C(=O)COC(=O)CCC(=O)N[C@H](C(=O)O)[C@@H](O)c1ccccc1. The maximum absolute atomic E-state index is 13.5. The van der Waals surface area contributed by atoms with E-state index in [-0.39, 0.29) is 36.4 Å². The monoisotopic (exact) mass is 623 g/mol. The van der Waals surface area contributed by atoms with Crippen LogP contribution in [0.1, 0.15) is 70.5 Å². The lowest BCUT2D eigenvalue weighted by molar-refractivity contribution is -0.181. The van der Waals surface area contributed by atoms with Crippen molar-refractivity contribution in [2.45, 2.75) is 82.6 Å². The van der Waals surface area contributed by atoms with Crippen LogP contribution in [0, 0.1) is 28.6 Å². The normalized spacial score (nSPS) is 34.8. The van der Waals surface area contributed by atoms with Gasteiger partial charge in [-0.25, -0.2) is 4.79 Å². The number of nitrogens with one attached hydrogen (secondary N) is 1. The van der Waals surface area contributed by atoms with E-state index >= 15 is 0 Å². The molecule has 3 saturated carbocycles. The number of rotatable bonds is 10. The van der Waals surface area contributed by atoms with Gasteiger partial charge in [0.2, 0.25) is 11.7 Å². The van der Waals surface area contributed by atoms with E-state index in [1.807, 2.05) is 19.9 Å². The topological polar surface area (TPSA) is 188 Å². The van der Waals surface area contributed by atoms with Crippen LogP contribution in [-0.4, -0.2) is 74.2 Å². The molecule has 5 rings (SSSR count). The molecule has 0 bridgehead atoms. The Morgan fingerprint density at radius 2 is 1.80 bits per heavy atom. The van der Waals surface area contributed by atoms with E-state index in [0.29, 0.717) is 18.4 Å². The molecule has 0 saturated heterocycles. The largest absolute Gasteiger partial charge is 0.480 e. The lowest BCUT2D eigenvalue weighted by Gasteiger charge is -2.59.